The lowest BCUT2D eigenvalue weighted by molar-refractivity contribution is -0.138. The van der Waals surface area contributed by atoms with E-state index in [1.807, 2.05) is 0 Å². The molecule has 0 aromatic heterocycles. The summed E-state index contributed by atoms with van der Waals surface area (Å²) in [5.74, 6) is -3.21. The van der Waals surface area contributed by atoms with E-state index in [2.05, 4.69) is 0 Å². The highest BCUT2D eigenvalue weighted by Crippen LogP contribution is 2.31. The number of halogens is 1. The average Bonchev–Trinajstić information content (AvgIpc) is 2.17. The molecule has 1 aromatic rings. The van der Waals surface area contributed by atoms with Gasteiger partial charge in [-0.1, -0.05) is 0 Å². The fourth-order valence-corrected chi connectivity index (χ4v) is 1.19. The molecule has 15 heavy (non-hydrogen) atoms. The van der Waals surface area contributed by atoms with E-state index < -0.39 is 17.7 Å². The van der Waals surface area contributed by atoms with Gasteiger partial charge in [-0.15, -0.1) is 0 Å². The Labute approximate surface area is 85.9 Å². The maximum Gasteiger partial charge on any atom is 0.310 e. The third-order valence-corrected chi connectivity index (χ3v) is 2.14. The fourth-order valence-electron chi connectivity index (χ4n) is 1.19. The number of aromatic hydroxyl groups is 1. The molecule has 5 heteroatoms. The summed E-state index contributed by atoms with van der Waals surface area (Å²) in [5, 5.41) is 18.1. The third-order valence-electron chi connectivity index (χ3n) is 2.14. The van der Waals surface area contributed by atoms with Crippen molar-refractivity contribution in [1.82, 2.24) is 0 Å². The highest BCUT2D eigenvalue weighted by molar-refractivity contribution is 5.76. The van der Waals surface area contributed by atoms with Gasteiger partial charge in [0.15, 0.2) is 11.6 Å². The Hall–Kier alpha value is -1.78. The van der Waals surface area contributed by atoms with Crippen molar-refractivity contribution in [1.29, 1.82) is 0 Å². The molecule has 0 radical (unpaired) electrons. The second-order valence-electron chi connectivity index (χ2n) is 3.11. The summed E-state index contributed by atoms with van der Waals surface area (Å²) in [6, 6.07) is 2.02. The maximum absolute atomic E-state index is 13.1. The zero-order valence-electron chi connectivity index (χ0n) is 8.32. The number of aliphatic carboxylic acids is 1. The van der Waals surface area contributed by atoms with Crippen LogP contribution in [0.3, 0.4) is 0 Å². The number of carbonyl (C=O) groups is 1. The predicted molar refractivity (Wildman–Crippen MR) is 50.7 cm³/mol. The van der Waals surface area contributed by atoms with E-state index in [1.165, 1.54) is 20.1 Å². The Morgan fingerprint density at radius 2 is 2.13 bits per heavy atom. The highest BCUT2D eigenvalue weighted by atomic mass is 19.1. The van der Waals surface area contributed by atoms with Crippen LogP contribution in [0, 0.1) is 5.82 Å². The highest BCUT2D eigenvalue weighted by Gasteiger charge is 2.20. The van der Waals surface area contributed by atoms with Gasteiger partial charge in [0.05, 0.1) is 13.0 Å². The molecular formula is C10H11FO4. The first-order chi connectivity index (χ1) is 6.97. The number of rotatable bonds is 3. The number of ether oxygens (including phenoxy) is 1. The van der Waals surface area contributed by atoms with Crippen molar-refractivity contribution in [3.8, 4) is 11.5 Å². The van der Waals surface area contributed by atoms with Gasteiger partial charge in [0.1, 0.15) is 5.75 Å². The van der Waals surface area contributed by atoms with Crippen molar-refractivity contribution in [2.45, 2.75) is 12.8 Å². The van der Waals surface area contributed by atoms with Crippen molar-refractivity contribution < 1.29 is 24.1 Å². The molecule has 0 amide bonds. The van der Waals surface area contributed by atoms with Crippen LogP contribution in [0.4, 0.5) is 4.39 Å². The normalized spacial score (nSPS) is 12.2. The van der Waals surface area contributed by atoms with E-state index in [1.54, 1.807) is 0 Å². The van der Waals surface area contributed by atoms with E-state index in [0.717, 1.165) is 6.07 Å². The quantitative estimate of drug-likeness (QED) is 0.804. The van der Waals surface area contributed by atoms with Gasteiger partial charge in [0, 0.05) is 11.6 Å². The van der Waals surface area contributed by atoms with Crippen LogP contribution in [0.5, 0.6) is 11.5 Å². The molecular weight excluding hydrogens is 203 g/mol. The van der Waals surface area contributed by atoms with Gasteiger partial charge < -0.3 is 14.9 Å². The monoisotopic (exact) mass is 214 g/mol. The Balaban J connectivity index is 3.24. The second kappa shape index (κ2) is 4.16. The molecule has 0 saturated heterocycles. The van der Waals surface area contributed by atoms with Gasteiger partial charge in [-0.2, -0.15) is 0 Å². The second-order valence-corrected chi connectivity index (χ2v) is 3.11. The molecule has 4 nitrogen and oxygen atoms in total. The van der Waals surface area contributed by atoms with Crippen molar-refractivity contribution in [3.63, 3.8) is 0 Å². The summed E-state index contributed by atoms with van der Waals surface area (Å²) in [5.41, 5.74) is 0.126. The van der Waals surface area contributed by atoms with Gasteiger partial charge in [-0.05, 0) is 13.0 Å². The van der Waals surface area contributed by atoms with Crippen molar-refractivity contribution in [2.24, 2.45) is 0 Å². The van der Waals surface area contributed by atoms with Gasteiger partial charge >= 0.3 is 5.97 Å². The third kappa shape index (κ3) is 2.18. The van der Waals surface area contributed by atoms with E-state index in [9.17, 15) is 14.3 Å². The molecule has 82 valence electrons. The van der Waals surface area contributed by atoms with Crippen LogP contribution in [0.15, 0.2) is 12.1 Å². The van der Waals surface area contributed by atoms with Crippen LogP contribution in [0.1, 0.15) is 18.4 Å². The van der Waals surface area contributed by atoms with Crippen molar-refractivity contribution >= 4 is 5.97 Å². The van der Waals surface area contributed by atoms with E-state index in [-0.39, 0.29) is 17.1 Å². The molecule has 0 aliphatic heterocycles. The summed E-state index contributed by atoms with van der Waals surface area (Å²) in [6.45, 7) is 1.40. The Morgan fingerprint density at radius 3 is 2.60 bits per heavy atom. The Morgan fingerprint density at radius 1 is 1.53 bits per heavy atom. The van der Waals surface area contributed by atoms with Gasteiger partial charge in [-0.25, -0.2) is 4.39 Å². The molecule has 1 rings (SSSR count). The standard InChI is InChI=1S/C10H11FO4/c1-5(10(13)14)6-3-9(15-2)7(11)4-8(6)12/h3-5,12H,1-2H3,(H,13,14). The summed E-state index contributed by atoms with van der Waals surface area (Å²) in [4.78, 5) is 10.7. The van der Waals surface area contributed by atoms with Gasteiger partial charge in [0.2, 0.25) is 0 Å². The van der Waals surface area contributed by atoms with Crippen LogP contribution >= 0.6 is 0 Å². The SMILES string of the molecule is COc1cc(C(C)C(=O)O)c(O)cc1F. The maximum atomic E-state index is 13.1. The lowest BCUT2D eigenvalue weighted by Crippen LogP contribution is -2.08. The smallest absolute Gasteiger partial charge is 0.310 e. The number of carboxylic acid groups (broad SMARTS) is 1. The van der Waals surface area contributed by atoms with E-state index in [0.29, 0.717) is 0 Å². The lowest BCUT2D eigenvalue weighted by atomic mass is 10.00. The molecule has 0 saturated carbocycles. The first-order valence-corrected chi connectivity index (χ1v) is 4.26. The number of benzene rings is 1. The van der Waals surface area contributed by atoms with Crippen molar-refractivity contribution in [3.05, 3.63) is 23.5 Å². The molecule has 0 aliphatic carbocycles. The van der Waals surface area contributed by atoms with Gasteiger partial charge in [0.25, 0.3) is 0 Å². The molecule has 0 aliphatic rings. The molecule has 2 N–H and O–H groups in total. The van der Waals surface area contributed by atoms with Gasteiger partial charge in [-0.3, -0.25) is 4.79 Å². The van der Waals surface area contributed by atoms with E-state index >= 15 is 0 Å². The average molecular weight is 214 g/mol. The topological polar surface area (TPSA) is 66.8 Å². The Kier molecular flexibility index (Phi) is 3.14. The number of hydrogen-bond acceptors (Lipinski definition) is 3. The Bertz CT molecular complexity index is 389. The first kappa shape index (κ1) is 11.3. The molecule has 1 aromatic carbocycles. The van der Waals surface area contributed by atoms with Crippen LogP contribution in [0.2, 0.25) is 0 Å². The van der Waals surface area contributed by atoms with Crippen LogP contribution in [-0.2, 0) is 4.79 Å². The van der Waals surface area contributed by atoms with Crippen molar-refractivity contribution in [2.75, 3.05) is 7.11 Å². The number of carboxylic acids is 1. The molecule has 0 heterocycles. The summed E-state index contributed by atoms with van der Waals surface area (Å²) >= 11 is 0. The molecule has 1 atom stereocenters. The lowest BCUT2D eigenvalue weighted by Gasteiger charge is -2.11. The summed E-state index contributed by atoms with van der Waals surface area (Å²) < 4.78 is 17.8. The van der Waals surface area contributed by atoms with Crippen LogP contribution in [-0.4, -0.2) is 23.3 Å². The largest absolute Gasteiger partial charge is 0.508 e. The molecule has 0 spiro atoms. The number of phenols is 1. The number of methoxy groups -OCH3 is 1. The minimum absolute atomic E-state index is 0.0871. The number of phenolic OH excluding ortho intramolecular Hbond substituents is 1. The molecule has 1 unspecified atom stereocenters. The summed E-state index contributed by atoms with van der Waals surface area (Å²) in [6.07, 6.45) is 0. The van der Waals surface area contributed by atoms with Crippen LogP contribution < -0.4 is 4.74 Å². The fraction of sp³-hybridized carbons (Fsp3) is 0.300. The molecule has 0 fully saturated rings. The number of hydrogen-bond donors (Lipinski definition) is 2. The zero-order valence-corrected chi connectivity index (χ0v) is 8.32. The minimum atomic E-state index is -1.10. The summed E-state index contributed by atoms with van der Waals surface area (Å²) in [7, 11) is 1.27. The molecule has 0 bridgehead atoms. The zero-order chi connectivity index (χ0) is 11.6. The van der Waals surface area contributed by atoms with Crippen LogP contribution in [0.25, 0.3) is 0 Å². The predicted octanol–water partition coefficient (Wildman–Crippen LogP) is 1.73. The first-order valence-electron chi connectivity index (χ1n) is 4.26. The minimum Gasteiger partial charge on any atom is -0.508 e. The van der Waals surface area contributed by atoms with E-state index in [4.69, 9.17) is 9.84 Å².